The van der Waals surface area contributed by atoms with Gasteiger partial charge in [0.1, 0.15) is 0 Å². The fourth-order valence-electron chi connectivity index (χ4n) is 1.91. The van der Waals surface area contributed by atoms with Gasteiger partial charge in [0.05, 0.1) is 6.61 Å². The maximum atomic E-state index is 5.01. The fraction of sp³-hybridized carbons (Fsp3) is 0.571. The maximum absolute atomic E-state index is 5.01. The van der Waals surface area contributed by atoms with Gasteiger partial charge in [0.2, 0.25) is 0 Å². The molecule has 0 aliphatic carbocycles. The summed E-state index contributed by atoms with van der Waals surface area (Å²) in [6.07, 6.45) is 0. The third kappa shape index (κ3) is 4.33. The Balaban J connectivity index is 2.48. The summed E-state index contributed by atoms with van der Waals surface area (Å²) < 4.78 is 5.01. The number of nitrogens with one attached hydrogen (secondary N) is 1. The SMILES string of the molecule is COCCNCC(C)c1cc(C)cc(C)c1. The van der Waals surface area contributed by atoms with E-state index in [1.165, 1.54) is 16.7 Å². The lowest BCUT2D eigenvalue weighted by Gasteiger charge is -2.14. The molecule has 0 saturated heterocycles. The van der Waals surface area contributed by atoms with Gasteiger partial charge in [0, 0.05) is 20.2 Å². The Morgan fingerprint density at radius 2 is 1.81 bits per heavy atom. The molecule has 0 radical (unpaired) electrons. The summed E-state index contributed by atoms with van der Waals surface area (Å²) in [6.45, 7) is 9.27. The van der Waals surface area contributed by atoms with Crippen LogP contribution in [-0.2, 0) is 4.74 Å². The van der Waals surface area contributed by atoms with Crippen LogP contribution in [0.25, 0.3) is 0 Å². The molecule has 2 heteroatoms. The van der Waals surface area contributed by atoms with Gasteiger partial charge in [-0.2, -0.15) is 0 Å². The molecule has 1 aromatic rings. The van der Waals surface area contributed by atoms with Crippen LogP contribution in [0.4, 0.5) is 0 Å². The van der Waals surface area contributed by atoms with E-state index >= 15 is 0 Å². The van der Waals surface area contributed by atoms with Gasteiger partial charge in [-0.25, -0.2) is 0 Å². The van der Waals surface area contributed by atoms with Gasteiger partial charge >= 0.3 is 0 Å². The van der Waals surface area contributed by atoms with Crippen molar-refractivity contribution >= 4 is 0 Å². The van der Waals surface area contributed by atoms with Crippen LogP contribution < -0.4 is 5.32 Å². The van der Waals surface area contributed by atoms with Crippen molar-refractivity contribution in [3.63, 3.8) is 0 Å². The van der Waals surface area contributed by atoms with E-state index in [0.29, 0.717) is 5.92 Å². The number of benzene rings is 1. The van der Waals surface area contributed by atoms with Gasteiger partial charge in [0.15, 0.2) is 0 Å². The highest BCUT2D eigenvalue weighted by molar-refractivity contribution is 5.30. The van der Waals surface area contributed by atoms with Crippen molar-refractivity contribution in [2.75, 3.05) is 26.8 Å². The molecular formula is C14H23NO. The molecule has 0 saturated carbocycles. The second kappa shape index (κ2) is 6.66. The number of rotatable bonds is 6. The second-order valence-corrected chi connectivity index (χ2v) is 4.52. The zero-order valence-corrected chi connectivity index (χ0v) is 10.8. The molecule has 0 heterocycles. The number of hydrogen-bond donors (Lipinski definition) is 1. The minimum Gasteiger partial charge on any atom is -0.383 e. The van der Waals surface area contributed by atoms with Gasteiger partial charge in [-0.05, 0) is 25.3 Å². The maximum Gasteiger partial charge on any atom is 0.0587 e. The van der Waals surface area contributed by atoms with E-state index in [9.17, 15) is 0 Å². The molecule has 1 aromatic carbocycles. The molecule has 0 fully saturated rings. The van der Waals surface area contributed by atoms with Gasteiger partial charge in [-0.3, -0.25) is 0 Å². The van der Waals surface area contributed by atoms with Crippen molar-refractivity contribution in [1.29, 1.82) is 0 Å². The number of ether oxygens (including phenoxy) is 1. The molecule has 0 amide bonds. The predicted octanol–water partition coefficient (Wildman–Crippen LogP) is 2.64. The highest BCUT2D eigenvalue weighted by Crippen LogP contribution is 2.17. The monoisotopic (exact) mass is 221 g/mol. The molecule has 2 nitrogen and oxygen atoms in total. The van der Waals surface area contributed by atoms with Crippen molar-refractivity contribution in [3.8, 4) is 0 Å². The van der Waals surface area contributed by atoms with Crippen LogP contribution in [-0.4, -0.2) is 26.8 Å². The number of aryl methyl sites for hydroxylation is 2. The smallest absolute Gasteiger partial charge is 0.0587 e. The van der Waals surface area contributed by atoms with E-state index in [-0.39, 0.29) is 0 Å². The molecule has 16 heavy (non-hydrogen) atoms. The summed E-state index contributed by atoms with van der Waals surface area (Å²) in [5, 5.41) is 3.40. The topological polar surface area (TPSA) is 21.3 Å². The molecule has 0 spiro atoms. The van der Waals surface area contributed by atoms with Crippen molar-refractivity contribution in [2.24, 2.45) is 0 Å². The molecule has 1 atom stereocenters. The van der Waals surface area contributed by atoms with Crippen molar-refractivity contribution in [1.82, 2.24) is 5.32 Å². The largest absolute Gasteiger partial charge is 0.383 e. The molecule has 0 bridgehead atoms. The normalized spacial score (nSPS) is 12.8. The van der Waals surface area contributed by atoms with Crippen LogP contribution in [0.3, 0.4) is 0 Å². The summed E-state index contributed by atoms with van der Waals surface area (Å²) in [5.41, 5.74) is 4.11. The molecular weight excluding hydrogens is 198 g/mol. The predicted molar refractivity (Wildman–Crippen MR) is 69.1 cm³/mol. The van der Waals surface area contributed by atoms with E-state index in [2.05, 4.69) is 44.3 Å². The zero-order valence-electron chi connectivity index (χ0n) is 10.8. The third-order valence-electron chi connectivity index (χ3n) is 2.75. The Bertz CT molecular complexity index is 302. The Hall–Kier alpha value is -0.860. The Kier molecular flexibility index (Phi) is 5.50. The van der Waals surface area contributed by atoms with Crippen LogP contribution in [0.1, 0.15) is 29.5 Å². The summed E-state index contributed by atoms with van der Waals surface area (Å²) in [7, 11) is 1.73. The first kappa shape index (κ1) is 13.2. The summed E-state index contributed by atoms with van der Waals surface area (Å²) >= 11 is 0. The Labute approximate surface area is 99.0 Å². The third-order valence-corrected chi connectivity index (χ3v) is 2.75. The molecule has 1 unspecified atom stereocenters. The van der Waals surface area contributed by atoms with Crippen molar-refractivity contribution in [2.45, 2.75) is 26.7 Å². The highest BCUT2D eigenvalue weighted by atomic mass is 16.5. The lowest BCUT2D eigenvalue weighted by molar-refractivity contribution is 0.199. The quantitative estimate of drug-likeness (QED) is 0.746. The first-order chi connectivity index (χ1) is 7.63. The van der Waals surface area contributed by atoms with Gasteiger partial charge < -0.3 is 10.1 Å². The van der Waals surface area contributed by atoms with E-state index in [1.54, 1.807) is 7.11 Å². The zero-order chi connectivity index (χ0) is 12.0. The minimum absolute atomic E-state index is 0.551. The van der Waals surface area contributed by atoms with E-state index in [4.69, 9.17) is 4.74 Å². The van der Waals surface area contributed by atoms with Crippen LogP contribution in [0.15, 0.2) is 18.2 Å². The molecule has 0 aliphatic heterocycles. The van der Waals surface area contributed by atoms with Crippen LogP contribution >= 0.6 is 0 Å². The highest BCUT2D eigenvalue weighted by Gasteiger charge is 2.05. The molecule has 0 aliphatic rings. The number of methoxy groups -OCH3 is 1. The summed E-state index contributed by atoms with van der Waals surface area (Å²) in [6, 6.07) is 6.76. The van der Waals surface area contributed by atoms with E-state index in [1.807, 2.05) is 0 Å². The lowest BCUT2D eigenvalue weighted by atomic mass is 9.97. The standard InChI is InChI=1S/C14H23NO/c1-11-7-12(2)9-14(8-11)13(3)10-15-5-6-16-4/h7-9,13,15H,5-6,10H2,1-4H3. The minimum atomic E-state index is 0.551. The van der Waals surface area contributed by atoms with Gasteiger partial charge in [-0.1, -0.05) is 36.2 Å². The fourth-order valence-corrected chi connectivity index (χ4v) is 1.91. The summed E-state index contributed by atoms with van der Waals surface area (Å²) in [4.78, 5) is 0. The Morgan fingerprint density at radius 1 is 1.19 bits per heavy atom. The average Bonchev–Trinajstić information content (AvgIpc) is 2.22. The summed E-state index contributed by atoms with van der Waals surface area (Å²) in [5.74, 6) is 0.551. The van der Waals surface area contributed by atoms with Crippen molar-refractivity contribution < 1.29 is 4.74 Å². The van der Waals surface area contributed by atoms with E-state index in [0.717, 1.165) is 19.7 Å². The Morgan fingerprint density at radius 3 is 2.38 bits per heavy atom. The van der Waals surface area contributed by atoms with Crippen LogP contribution in [0, 0.1) is 13.8 Å². The molecule has 1 N–H and O–H groups in total. The average molecular weight is 221 g/mol. The van der Waals surface area contributed by atoms with Crippen LogP contribution in [0.5, 0.6) is 0 Å². The van der Waals surface area contributed by atoms with Gasteiger partial charge in [-0.15, -0.1) is 0 Å². The molecule has 0 aromatic heterocycles. The number of hydrogen-bond acceptors (Lipinski definition) is 2. The lowest BCUT2D eigenvalue weighted by Crippen LogP contribution is -2.24. The first-order valence-corrected chi connectivity index (χ1v) is 5.91. The first-order valence-electron chi connectivity index (χ1n) is 5.91. The van der Waals surface area contributed by atoms with Gasteiger partial charge in [0.25, 0.3) is 0 Å². The van der Waals surface area contributed by atoms with Crippen LogP contribution in [0.2, 0.25) is 0 Å². The second-order valence-electron chi connectivity index (χ2n) is 4.52. The molecule has 1 rings (SSSR count). The van der Waals surface area contributed by atoms with Crippen molar-refractivity contribution in [3.05, 3.63) is 34.9 Å². The van der Waals surface area contributed by atoms with E-state index < -0.39 is 0 Å². The molecule has 90 valence electrons.